The van der Waals surface area contributed by atoms with Crippen molar-refractivity contribution >= 4 is 11.6 Å². The quantitative estimate of drug-likeness (QED) is 0.457. The summed E-state index contributed by atoms with van der Waals surface area (Å²) in [5, 5.41) is 2.81. The minimum absolute atomic E-state index is 0.0955. The Labute approximate surface area is 96.0 Å². The number of nitrogens with two attached hydrogens (primary N) is 1. The molecule has 0 bridgehead atoms. The molecule has 0 radical (unpaired) electrons. The van der Waals surface area contributed by atoms with E-state index in [2.05, 4.69) is 11.2 Å². The molecule has 0 aromatic heterocycles. The van der Waals surface area contributed by atoms with Crippen LogP contribution in [0.5, 0.6) is 0 Å². The summed E-state index contributed by atoms with van der Waals surface area (Å²) < 4.78 is 0. The van der Waals surface area contributed by atoms with Crippen molar-refractivity contribution < 1.29 is 4.79 Å². The molecule has 3 N–H and O–H groups in total. The maximum atomic E-state index is 11.8. The summed E-state index contributed by atoms with van der Waals surface area (Å²) in [4.78, 5) is 11.8. The zero-order valence-corrected chi connectivity index (χ0v) is 9.42. The van der Waals surface area contributed by atoms with E-state index < -0.39 is 0 Å². The highest BCUT2D eigenvalue weighted by Gasteiger charge is 2.08. The van der Waals surface area contributed by atoms with Crippen LogP contribution in [0.3, 0.4) is 0 Å². The number of hydrogen-bond acceptors (Lipinski definition) is 2. The van der Waals surface area contributed by atoms with Crippen LogP contribution in [0, 0.1) is 19.3 Å². The van der Waals surface area contributed by atoms with E-state index in [-0.39, 0.29) is 5.91 Å². The van der Waals surface area contributed by atoms with Crippen LogP contribution in [0.4, 0.5) is 5.69 Å². The van der Waals surface area contributed by atoms with Crippen molar-refractivity contribution in [3.8, 4) is 12.3 Å². The minimum Gasteiger partial charge on any atom is -0.399 e. The number of carbonyl (C=O) groups excluding carboxylic acids is 1. The van der Waals surface area contributed by atoms with Crippen LogP contribution in [0.2, 0.25) is 0 Å². The monoisotopic (exact) mass is 216 g/mol. The summed E-state index contributed by atoms with van der Waals surface area (Å²) in [7, 11) is 0. The van der Waals surface area contributed by atoms with Gasteiger partial charge in [-0.2, -0.15) is 0 Å². The SMILES string of the molecule is C#CCCCNC(=O)c1cc(N)ccc1C. The Hall–Kier alpha value is -1.95. The number of amides is 1. The highest BCUT2D eigenvalue weighted by atomic mass is 16.1. The van der Waals surface area contributed by atoms with Gasteiger partial charge in [-0.25, -0.2) is 0 Å². The second-order valence-electron chi connectivity index (χ2n) is 3.64. The van der Waals surface area contributed by atoms with E-state index in [1.165, 1.54) is 0 Å². The summed E-state index contributed by atoms with van der Waals surface area (Å²) >= 11 is 0. The van der Waals surface area contributed by atoms with Gasteiger partial charge in [-0.1, -0.05) is 6.07 Å². The Morgan fingerprint density at radius 3 is 3.00 bits per heavy atom. The van der Waals surface area contributed by atoms with Crippen LogP contribution < -0.4 is 11.1 Å². The van der Waals surface area contributed by atoms with Crippen LogP contribution in [-0.2, 0) is 0 Å². The van der Waals surface area contributed by atoms with Gasteiger partial charge in [-0.05, 0) is 31.0 Å². The molecule has 0 aliphatic rings. The second-order valence-corrected chi connectivity index (χ2v) is 3.64. The number of aryl methyl sites for hydroxylation is 1. The highest BCUT2D eigenvalue weighted by molar-refractivity contribution is 5.96. The van der Waals surface area contributed by atoms with Gasteiger partial charge >= 0.3 is 0 Å². The van der Waals surface area contributed by atoms with Crippen molar-refractivity contribution in [2.75, 3.05) is 12.3 Å². The number of anilines is 1. The third-order valence-corrected chi connectivity index (χ3v) is 2.29. The minimum atomic E-state index is -0.0955. The van der Waals surface area contributed by atoms with Gasteiger partial charge < -0.3 is 11.1 Å². The van der Waals surface area contributed by atoms with Crippen molar-refractivity contribution in [1.82, 2.24) is 5.32 Å². The average Bonchev–Trinajstić information content (AvgIpc) is 2.27. The van der Waals surface area contributed by atoms with Crippen molar-refractivity contribution in [2.45, 2.75) is 19.8 Å². The molecule has 1 rings (SSSR count). The number of hydrogen-bond donors (Lipinski definition) is 2. The molecule has 3 heteroatoms. The van der Waals surface area contributed by atoms with Gasteiger partial charge in [-0.15, -0.1) is 12.3 Å². The summed E-state index contributed by atoms with van der Waals surface area (Å²) in [6.07, 6.45) is 6.59. The van der Waals surface area contributed by atoms with Gasteiger partial charge in [0.2, 0.25) is 0 Å². The zero-order valence-electron chi connectivity index (χ0n) is 9.42. The number of terminal acetylenes is 1. The molecule has 0 atom stereocenters. The summed E-state index contributed by atoms with van der Waals surface area (Å²) in [6, 6.07) is 5.31. The van der Waals surface area contributed by atoms with Crippen molar-refractivity contribution in [2.24, 2.45) is 0 Å². The summed E-state index contributed by atoms with van der Waals surface area (Å²) in [5.41, 5.74) is 7.78. The van der Waals surface area contributed by atoms with Gasteiger partial charge in [0, 0.05) is 24.2 Å². The number of nitrogen functional groups attached to an aromatic ring is 1. The van der Waals surface area contributed by atoms with Gasteiger partial charge in [0.1, 0.15) is 0 Å². The first-order valence-electron chi connectivity index (χ1n) is 5.23. The maximum absolute atomic E-state index is 11.8. The standard InChI is InChI=1S/C13H16N2O/c1-3-4-5-8-15-13(16)12-9-11(14)7-6-10(12)2/h1,6-7,9H,4-5,8,14H2,2H3,(H,15,16). The Morgan fingerprint density at radius 2 is 2.31 bits per heavy atom. The molecule has 0 aliphatic carbocycles. The Morgan fingerprint density at radius 1 is 1.56 bits per heavy atom. The maximum Gasteiger partial charge on any atom is 0.251 e. The van der Waals surface area contributed by atoms with Gasteiger partial charge in [-0.3, -0.25) is 4.79 Å². The molecule has 0 unspecified atom stereocenters. The fourth-order valence-corrected chi connectivity index (χ4v) is 1.37. The molecule has 3 nitrogen and oxygen atoms in total. The third kappa shape index (κ3) is 3.32. The predicted octanol–water partition coefficient (Wildman–Crippen LogP) is 1.72. The van der Waals surface area contributed by atoms with Gasteiger partial charge in [0.25, 0.3) is 5.91 Å². The van der Waals surface area contributed by atoms with Gasteiger partial charge in [0.05, 0.1) is 0 Å². The van der Waals surface area contributed by atoms with Gasteiger partial charge in [0.15, 0.2) is 0 Å². The Kier molecular flexibility index (Phi) is 4.41. The van der Waals surface area contributed by atoms with E-state index in [0.717, 1.165) is 12.0 Å². The lowest BCUT2D eigenvalue weighted by Gasteiger charge is -2.07. The van der Waals surface area contributed by atoms with Crippen molar-refractivity contribution in [3.63, 3.8) is 0 Å². The zero-order chi connectivity index (χ0) is 12.0. The fourth-order valence-electron chi connectivity index (χ4n) is 1.37. The first-order valence-corrected chi connectivity index (χ1v) is 5.23. The molecule has 0 spiro atoms. The highest BCUT2D eigenvalue weighted by Crippen LogP contribution is 2.12. The molecule has 0 aliphatic heterocycles. The lowest BCUT2D eigenvalue weighted by molar-refractivity contribution is 0.0953. The van der Waals surface area contributed by atoms with E-state index in [4.69, 9.17) is 12.2 Å². The predicted molar refractivity (Wildman–Crippen MR) is 66.0 cm³/mol. The van der Waals surface area contributed by atoms with E-state index in [1.807, 2.05) is 13.0 Å². The Bertz CT molecular complexity index is 418. The van der Waals surface area contributed by atoms with Crippen LogP contribution in [0.25, 0.3) is 0 Å². The molecule has 16 heavy (non-hydrogen) atoms. The summed E-state index contributed by atoms with van der Waals surface area (Å²) in [5.74, 6) is 2.43. The average molecular weight is 216 g/mol. The van der Waals surface area contributed by atoms with Crippen molar-refractivity contribution in [3.05, 3.63) is 29.3 Å². The normalized spacial score (nSPS) is 9.50. The fraction of sp³-hybridized carbons (Fsp3) is 0.308. The van der Waals surface area contributed by atoms with Crippen molar-refractivity contribution in [1.29, 1.82) is 0 Å². The number of carbonyl (C=O) groups is 1. The van der Waals surface area contributed by atoms with E-state index in [1.54, 1.807) is 12.1 Å². The molecule has 1 aromatic carbocycles. The van der Waals surface area contributed by atoms with Crippen LogP contribution in [0.15, 0.2) is 18.2 Å². The topological polar surface area (TPSA) is 55.1 Å². The largest absolute Gasteiger partial charge is 0.399 e. The first kappa shape index (κ1) is 12.1. The molecule has 0 fully saturated rings. The molecular formula is C13H16N2O. The van der Waals surface area contributed by atoms with E-state index >= 15 is 0 Å². The van der Waals surface area contributed by atoms with Crippen LogP contribution >= 0.6 is 0 Å². The first-order chi connectivity index (χ1) is 7.65. The number of unbranched alkanes of at least 4 members (excludes halogenated alkanes) is 1. The lowest BCUT2D eigenvalue weighted by atomic mass is 10.1. The molecule has 1 aromatic rings. The summed E-state index contributed by atoms with van der Waals surface area (Å²) in [6.45, 7) is 2.48. The molecule has 1 amide bonds. The lowest BCUT2D eigenvalue weighted by Crippen LogP contribution is -2.25. The Balaban J connectivity index is 2.59. The van der Waals surface area contributed by atoms with E-state index in [9.17, 15) is 4.79 Å². The van der Waals surface area contributed by atoms with Crippen LogP contribution in [0.1, 0.15) is 28.8 Å². The smallest absolute Gasteiger partial charge is 0.251 e. The second kappa shape index (κ2) is 5.82. The number of nitrogens with one attached hydrogen (secondary N) is 1. The third-order valence-electron chi connectivity index (χ3n) is 2.29. The number of rotatable bonds is 4. The molecule has 84 valence electrons. The molecule has 0 saturated carbocycles. The molecule has 0 heterocycles. The molecular weight excluding hydrogens is 200 g/mol. The van der Waals surface area contributed by atoms with E-state index in [0.29, 0.717) is 24.2 Å². The van der Waals surface area contributed by atoms with Crippen LogP contribution in [-0.4, -0.2) is 12.5 Å². The number of benzene rings is 1. The molecule has 0 saturated heterocycles.